The van der Waals surface area contributed by atoms with Crippen molar-refractivity contribution in [3.8, 4) is 0 Å². The number of fused-ring (bicyclic) bond motifs is 1. The third kappa shape index (κ3) is 3.20. The van der Waals surface area contributed by atoms with Crippen LogP contribution in [-0.2, 0) is 4.79 Å². The average molecular weight is 318 g/mol. The van der Waals surface area contributed by atoms with Crippen LogP contribution < -0.4 is 0 Å². The minimum Gasteiger partial charge on any atom is -0.294 e. The van der Waals surface area contributed by atoms with Gasteiger partial charge in [0.25, 0.3) is 5.69 Å². The zero-order valence-electron chi connectivity index (χ0n) is 13.0. The van der Waals surface area contributed by atoms with Crippen molar-refractivity contribution in [2.24, 2.45) is 0 Å². The summed E-state index contributed by atoms with van der Waals surface area (Å²) in [7, 11) is 0. The molecule has 0 spiro atoms. The quantitative estimate of drug-likeness (QED) is 0.409. The van der Waals surface area contributed by atoms with Gasteiger partial charge in [0, 0.05) is 34.9 Å². The fourth-order valence-electron chi connectivity index (χ4n) is 2.50. The summed E-state index contributed by atoms with van der Waals surface area (Å²) in [4.78, 5) is 26.9. The molecule has 1 aromatic heterocycles. The number of carbonyl (C=O) groups is 1. The molecule has 118 valence electrons. The Morgan fingerprint density at radius 3 is 2.67 bits per heavy atom. The van der Waals surface area contributed by atoms with E-state index in [-0.39, 0.29) is 11.5 Å². The first-order valence-corrected chi connectivity index (χ1v) is 7.37. The third-order valence-corrected chi connectivity index (χ3v) is 3.67. The summed E-state index contributed by atoms with van der Waals surface area (Å²) in [6.45, 7) is 1.47. The number of non-ortho nitro benzene ring substituents is 1. The molecule has 0 fully saturated rings. The average Bonchev–Trinajstić information content (AvgIpc) is 2.59. The molecule has 0 amide bonds. The molecule has 0 bridgehead atoms. The Labute approximate surface area is 138 Å². The molecule has 3 aromatic rings. The maximum atomic E-state index is 12.1. The maximum Gasteiger partial charge on any atom is 0.270 e. The SMILES string of the molecule is CC(=O)/C(=C/c1cccc([N+](=O)[O-])c1)c1cnc2ccccc2c1. The predicted octanol–water partition coefficient (Wildman–Crippen LogP) is 4.27. The molecule has 0 aliphatic carbocycles. The van der Waals surface area contributed by atoms with Crippen molar-refractivity contribution in [1.82, 2.24) is 4.98 Å². The molecule has 0 aliphatic rings. The number of nitro groups is 1. The normalized spacial score (nSPS) is 11.5. The van der Waals surface area contributed by atoms with Gasteiger partial charge in [0.05, 0.1) is 10.4 Å². The number of allylic oxidation sites excluding steroid dienone is 1. The Bertz CT molecular complexity index is 977. The van der Waals surface area contributed by atoms with E-state index in [1.165, 1.54) is 19.1 Å². The van der Waals surface area contributed by atoms with E-state index in [1.54, 1.807) is 24.4 Å². The second-order valence-electron chi connectivity index (χ2n) is 5.38. The monoisotopic (exact) mass is 318 g/mol. The number of pyridine rings is 1. The van der Waals surface area contributed by atoms with Gasteiger partial charge in [0.15, 0.2) is 5.78 Å². The van der Waals surface area contributed by atoms with E-state index in [0.29, 0.717) is 16.7 Å². The number of aromatic nitrogens is 1. The number of ketones is 1. The van der Waals surface area contributed by atoms with Crippen LogP contribution in [0.4, 0.5) is 5.69 Å². The van der Waals surface area contributed by atoms with Gasteiger partial charge < -0.3 is 0 Å². The topological polar surface area (TPSA) is 73.1 Å². The van der Waals surface area contributed by atoms with E-state index >= 15 is 0 Å². The molecule has 0 aliphatic heterocycles. The summed E-state index contributed by atoms with van der Waals surface area (Å²) in [5.41, 5.74) is 2.59. The Morgan fingerprint density at radius 2 is 1.92 bits per heavy atom. The first-order valence-electron chi connectivity index (χ1n) is 7.37. The second kappa shape index (κ2) is 6.42. The molecule has 5 heteroatoms. The van der Waals surface area contributed by atoms with Crippen LogP contribution in [0.25, 0.3) is 22.6 Å². The number of nitrogens with zero attached hydrogens (tertiary/aromatic N) is 2. The van der Waals surface area contributed by atoms with Crippen molar-refractivity contribution in [1.29, 1.82) is 0 Å². The number of nitro benzene ring substituents is 1. The molecule has 0 unspecified atom stereocenters. The molecule has 0 N–H and O–H groups in total. The molecule has 0 saturated carbocycles. The van der Waals surface area contributed by atoms with Crippen LogP contribution in [0.2, 0.25) is 0 Å². The molecule has 1 heterocycles. The van der Waals surface area contributed by atoms with Gasteiger partial charge in [0.1, 0.15) is 0 Å². The molecule has 24 heavy (non-hydrogen) atoms. The number of hydrogen-bond acceptors (Lipinski definition) is 4. The van der Waals surface area contributed by atoms with Crippen molar-refractivity contribution in [3.05, 3.63) is 82.0 Å². The zero-order valence-corrected chi connectivity index (χ0v) is 13.0. The molecule has 0 atom stereocenters. The molecule has 5 nitrogen and oxygen atoms in total. The van der Waals surface area contributed by atoms with Crippen molar-refractivity contribution in [3.63, 3.8) is 0 Å². The van der Waals surface area contributed by atoms with Crippen LogP contribution in [0, 0.1) is 10.1 Å². The van der Waals surface area contributed by atoms with Crippen LogP contribution in [0.1, 0.15) is 18.1 Å². The third-order valence-electron chi connectivity index (χ3n) is 3.67. The molecule has 2 aromatic carbocycles. The Morgan fingerprint density at radius 1 is 1.12 bits per heavy atom. The van der Waals surface area contributed by atoms with Crippen LogP contribution in [0.5, 0.6) is 0 Å². The lowest BCUT2D eigenvalue weighted by Gasteiger charge is -2.06. The number of benzene rings is 2. The highest BCUT2D eigenvalue weighted by Crippen LogP contribution is 2.24. The molecule has 0 radical (unpaired) electrons. The number of rotatable bonds is 4. The Hall–Kier alpha value is -3.34. The summed E-state index contributed by atoms with van der Waals surface area (Å²) >= 11 is 0. The highest BCUT2D eigenvalue weighted by Gasteiger charge is 2.11. The smallest absolute Gasteiger partial charge is 0.270 e. The largest absolute Gasteiger partial charge is 0.294 e. The van der Waals surface area contributed by atoms with Gasteiger partial charge in [-0.2, -0.15) is 0 Å². The van der Waals surface area contributed by atoms with Gasteiger partial charge in [-0.25, -0.2) is 0 Å². The van der Waals surface area contributed by atoms with E-state index in [1.807, 2.05) is 30.3 Å². The van der Waals surface area contributed by atoms with Gasteiger partial charge in [-0.05, 0) is 30.7 Å². The number of hydrogen-bond donors (Lipinski definition) is 0. The van der Waals surface area contributed by atoms with Crippen molar-refractivity contribution in [2.45, 2.75) is 6.92 Å². The van der Waals surface area contributed by atoms with Crippen LogP contribution >= 0.6 is 0 Å². The van der Waals surface area contributed by atoms with Gasteiger partial charge in [-0.1, -0.05) is 30.3 Å². The number of Topliss-reactive ketones (excluding diaryl/α,β-unsaturated/α-hetero) is 1. The van der Waals surface area contributed by atoms with Crippen LogP contribution in [-0.4, -0.2) is 15.7 Å². The van der Waals surface area contributed by atoms with E-state index in [0.717, 1.165) is 10.9 Å². The van der Waals surface area contributed by atoms with E-state index in [4.69, 9.17) is 0 Å². The minimum absolute atomic E-state index is 0.0108. The van der Waals surface area contributed by atoms with E-state index < -0.39 is 4.92 Å². The Kier molecular flexibility index (Phi) is 4.16. The highest BCUT2D eigenvalue weighted by atomic mass is 16.6. The molecule has 0 saturated heterocycles. The predicted molar refractivity (Wildman–Crippen MR) is 93.4 cm³/mol. The fraction of sp³-hybridized carbons (Fsp3) is 0.0526. The van der Waals surface area contributed by atoms with Crippen LogP contribution in [0.15, 0.2) is 60.8 Å². The summed E-state index contributed by atoms with van der Waals surface area (Å²) in [6.07, 6.45) is 3.30. The lowest BCUT2D eigenvalue weighted by molar-refractivity contribution is -0.384. The maximum absolute atomic E-state index is 12.1. The second-order valence-corrected chi connectivity index (χ2v) is 5.38. The zero-order chi connectivity index (χ0) is 17.1. The number of carbonyl (C=O) groups excluding carboxylic acids is 1. The van der Waals surface area contributed by atoms with E-state index in [2.05, 4.69) is 4.98 Å². The standard InChI is InChI=1S/C19H14N2O3/c1-13(22)18(10-14-5-4-7-17(9-14)21(23)24)16-11-15-6-2-3-8-19(15)20-12-16/h2-12H,1H3/b18-10-. The van der Waals surface area contributed by atoms with Crippen molar-refractivity contribution < 1.29 is 9.72 Å². The molecular formula is C19H14N2O3. The Balaban J connectivity index is 2.10. The number of para-hydroxylation sites is 1. The van der Waals surface area contributed by atoms with Gasteiger partial charge in [-0.3, -0.25) is 19.9 Å². The van der Waals surface area contributed by atoms with Crippen LogP contribution in [0.3, 0.4) is 0 Å². The van der Waals surface area contributed by atoms with Crippen molar-refractivity contribution >= 4 is 34.0 Å². The summed E-state index contributed by atoms with van der Waals surface area (Å²) in [5.74, 6) is -0.126. The molecule has 3 rings (SSSR count). The lowest BCUT2D eigenvalue weighted by atomic mass is 9.99. The fourth-order valence-corrected chi connectivity index (χ4v) is 2.50. The summed E-state index contributed by atoms with van der Waals surface area (Å²) in [6, 6.07) is 15.7. The van der Waals surface area contributed by atoms with Gasteiger partial charge >= 0.3 is 0 Å². The van der Waals surface area contributed by atoms with E-state index in [9.17, 15) is 14.9 Å². The van der Waals surface area contributed by atoms with Gasteiger partial charge in [0.2, 0.25) is 0 Å². The molecular weight excluding hydrogens is 304 g/mol. The van der Waals surface area contributed by atoms with Crippen molar-refractivity contribution in [2.75, 3.05) is 0 Å². The highest BCUT2D eigenvalue weighted by molar-refractivity contribution is 6.24. The lowest BCUT2D eigenvalue weighted by Crippen LogP contribution is -1.97. The first kappa shape index (κ1) is 15.6. The summed E-state index contributed by atoms with van der Waals surface area (Å²) < 4.78 is 0. The minimum atomic E-state index is -0.456. The summed E-state index contributed by atoms with van der Waals surface area (Å²) in [5, 5.41) is 11.8. The first-order chi connectivity index (χ1) is 11.5. The van der Waals surface area contributed by atoms with Gasteiger partial charge in [-0.15, -0.1) is 0 Å².